The van der Waals surface area contributed by atoms with Crippen LogP contribution < -0.4 is 16.4 Å². The van der Waals surface area contributed by atoms with Crippen molar-refractivity contribution in [1.82, 2.24) is 0 Å². The van der Waals surface area contributed by atoms with Crippen molar-refractivity contribution in [3.8, 4) is 0 Å². The van der Waals surface area contributed by atoms with Crippen molar-refractivity contribution in [1.29, 1.82) is 0 Å². The van der Waals surface area contributed by atoms with Crippen molar-refractivity contribution < 1.29 is 4.79 Å². The van der Waals surface area contributed by atoms with Crippen LogP contribution >= 0.6 is 0 Å². The van der Waals surface area contributed by atoms with Gasteiger partial charge in [0.05, 0.1) is 5.69 Å². The number of hydrogen-bond donors (Lipinski definition) is 2. The van der Waals surface area contributed by atoms with Crippen molar-refractivity contribution in [3.63, 3.8) is 0 Å². The van der Waals surface area contributed by atoms with Crippen LogP contribution in [0.5, 0.6) is 0 Å². The van der Waals surface area contributed by atoms with Gasteiger partial charge >= 0.3 is 0 Å². The van der Waals surface area contributed by atoms with Crippen LogP contribution in [0.2, 0.25) is 0 Å². The summed E-state index contributed by atoms with van der Waals surface area (Å²) in [5, 5.41) is 0. The van der Waals surface area contributed by atoms with Gasteiger partial charge in [-0.3, -0.25) is 4.79 Å². The number of aryl methyl sites for hydroxylation is 2. The maximum atomic E-state index is 12.1. The molecule has 98 valence electrons. The zero-order chi connectivity index (χ0) is 13.4. The molecule has 1 heterocycles. The normalized spacial score (nSPS) is 19.7. The van der Waals surface area contributed by atoms with Gasteiger partial charge in [0.2, 0.25) is 5.91 Å². The monoisotopic (exact) mass is 247 g/mol. The molecule has 0 aliphatic carbocycles. The third kappa shape index (κ3) is 1.97. The lowest BCUT2D eigenvalue weighted by Gasteiger charge is -2.23. The fraction of sp³-hybridized carbons (Fsp3) is 0.500. The van der Waals surface area contributed by atoms with E-state index in [0.29, 0.717) is 19.5 Å². The van der Waals surface area contributed by atoms with Crippen LogP contribution in [0, 0.1) is 26.7 Å². The second-order valence-corrected chi connectivity index (χ2v) is 5.21. The first-order valence-electron chi connectivity index (χ1n) is 6.32. The van der Waals surface area contributed by atoms with Gasteiger partial charge in [-0.25, -0.2) is 0 Å². The predicted molar refractivity (Wildman–Crippen MR) is 74.6 cm³/mol. The van der Waals surface area contributed by atoms with Crippen LogP contribution in [0.3, 0.4) is 0 Å². The number of nitrogen functional groups attached to an aromatic ring is 1. The van der Waals surface area contributed by atoms with Gasteiger partial charge in [-0.05, 0) is 49.9 Å². The summed E-state index contributed by atoms with van der Waals surface area (Å²) in [5.74, 6) is 0.415. The standard InChI is InChI=1S/C14H21N3O/c1-8-4-9(2)14(10(3)13(8)16)17-7-11(6-15)5-12(17)18/h4,11H,5-7,15-16H2,1-3H3. The molecule has 4 heteroatoms. The SMILES string of the molecule is Cc1cc(C)c(N2CC(CN)CC2=O)c(C)c1N. The summed E-state index contributed by atoms with van der Waals surface area (Å²) in [5.41, 5.74) is 16.6. The minimum absolute atomic E-state index is 0.153. The van der Waals surface area contributed by atoms with E-state index in [-0.39, 0.29) is 11.8 Å². The average molecular weight is 247 g/mol. The Morgan fingerprint density at radius 1 is 1.33 bits per heavy atom. The first-order chi connectivity index (χ1) is 8.45. The van der Waals surface area contributed by atoms with Crippen LogP contribution in [0.1, 0.15) is 23.1 Å². The Hall–Kier alpha value is -1.55. The maximum absolute atomic E-state index is 12.1. The molecule has 1 aromatic rings. The van der Waals surface area contributed by atoms with Crippen molar-refractivity contribution in [2.24, 2.45) is 11.7 Å². The molecule has 4 nitrogen and oxygen atoms in total. The Balaban J connectivity index is 2.46. The van der Waals surface area contributed by atoms with Gasteiger partial charge in [0.1, 0.15) is 0 Å². The highest BCUT2D eigenvalue weighted by Gasteiger charge is 2.31. The summed E-state index contributed by atoms with van der Waals surface area (Å²) < 4.78 is 0. The molecular weight excluding hydrogens is 226 g/mol. The number of nitrogens with zero attached hydrogens (tertiary/aromatic N) is 1. The van der Waals surface area contributed by atoms with Crippen LogP contribution in [-0.2, 0) is 4.79 Å². The molecule has 0 saturated carbocycles. The van der Waals surface area contributed by atoms with E-state index in [0.717, 1.165) is 28.1 Å². The minimum Gasteiger partial charge on any atom is -0.398 e. The molecular formula is C14H21N3O. The Morgan fingerprint density at radius 3 is 2.56 bits per heavy atom. The lowest BCUT2D eigenvalue weighted by Crippen LogP contribution is -2.27. The molecule has 1 aromatic carbocycles. The summed E-state index contributed by atoms with van der Waals surface area (Å²) in [7, 11) is 0. The molecule has 1 amide bonds. The number of amides is 1. The molecule has 0 aromatic heterocycles. The number of hydrogen-bond acceptors (Lipinski definition) is 3. The molecule has 1 fully saturated rings. The van der Waals surface area contributed by atoms with Gasteiger partial charge in [0.25, 0.3) is 0 Å². The van der Waals surface area contributed by atoms with Crippen molar-refractivity contribution >= 4 is 17.3 Å². The largest absolute Gasteiger partial charge is 0.398 e. The summed E-state index contributed by atoms with van der Waals surface area (Å²) in [6.07, 6.45) is 0.545. The van der Waals surface area contributed by atoms with Gasteiger partial charge in [-0.2, -0.15) is 0 Å². The smallest absolute Gasteiger partial charge is 0.227 e. The van der Waals surface area contributed by atoms with Crippen LogP contribution in [0.4, 0.5) is 11.4 Å². The van der Waals surface area contributed by atoms with E-state index in [1.165, 1.54) is 0 Å². The number of carbonyl (C=O) groups excluding carboxylic acids is 1. The van der Waals surface area contributed by atoms with E-state index in [1.807, 2.05) is 31.7 Å². The molecule has 1 atom stereocenters. The van der Waals surface area contributed by atoms with E-state index in [4.69, 9.17) is 11.5 Å². The Morgan fingerprint density at radius 2 is 2.00 bits per heavy atom. The molecule has 0 bridgehead atoms. The fourth-order valence-corrected chi connectivity index (χ4v) is 2.76. The summed E-state index contributed by atoms with van der Waals surface area (Å²) >= 11 is 0. The average Bonchev–Trinajstić information content (AvgIpc) is 2.68. The lowest BCUT2D eigenvalue weighted by atomic mass is 10.0. The molecule has 1 aliphatic heterocycles. The van der Waals surface area contributed by atoms with Crippen molar-refractivity contribution in [3.05, 3.63) is 22.8 Å². The Labute approximate surface area is 108 Å². The van der Waals surface area contributed by atoms with Gasteiger partial charge < -0.3 is 16.4 Å². The topological polar surface area (TPSA) is 72.3 Å². The molecule has 0 spiro atoms. The maximum Gasteiger partial charge on any atom is 0.227 e. The fourth-order valence-electron chi connectivity index (χ4n) is 2.76. The molecule has 1 unspecified atom stereocenters. The van der Waals surface area contributed by atoms with Crippen LogP contribution in [-0.4, -0.2) is 19.0 Å². The number of nitrogens with two attached hydrogens (primary N) is 2. The molecule has 1 aliphatic rings. The zero-order valence-electron chi connectivity index (χ0n) is 11.3. The summed E-state index contributed by atoms with van der Waals surface area (Å²) in [4.78, 5) is 13.9. The highest BCUT2D eigenvalue weighted by atomic mass is 16.2. The van der Waals surface area contributed by atoms with E-state index in [1.54, 1.807) is 0 Å². The first kappa shape index (κ1) is 12.9. The second kappa shape index (κ2) is 4.61. The van der Waals surface area contributed by atoms with E-state index in [2.05, 4.69) is 0 Å². The van der Waals surface area contributed by atoms with Gasteiger partial charge in [0, 0.05) is 18.7 Å². The second-order valence-electron chi connectivity index (χ2n) is 5.21. The van der Waals surface area contributed by atoms with Crippen molar-refractivity contribution in [2.75, 3.05) is 23.7 Å². The highest BCUT2D eigenvalue weighted by Crippen LogP contribution is 2.35. The summed E-state index contributed by atoms with van der Waals surface area (Å²) in [6, 6.07) is 2.04. The van der Waals surface area contributed by atoms with Crippen molar-refractivity contribution in [2.45, 2.75) is 27.2 Å². The molecule has 2 rings (SSSR count). The molecule has 1 saturated heterocycles. The quantitative estimate of drug-likeness (QED) is 0.778. The first-order valence-corrected chi connectivity index (χ1v) is 6.32. The molecule has 18 heavy (non-hydrogen) atoms. The Bertz CT molecular complexity index is 496. The number of rotatable bonds is 2. The number of carbonyl (C=O) groups is 1. The van der Waals surface area contributed by atoms with E-state index >= 15 is 0 Å². The third-order valence-electron chi connectivity index (χ3n) is 3.80. The predicted octanol–water partition coefficient (Wildman–Crippen LogP) is 1.51. The summed E-state index contributed by atoms with van der Waals surface area (Å²) in [6.45, 7) is 7.26. The Kier molecular flexibility index (Phi) is 3.30. The van der Waals surface area contributed by atoms with E-state index in [9.17, 15) is 4.79 Å². The zero-order valence-corrected chi connectivity index (χ0v) is 11.3. The molecule has 0 radical (unpaired) electrons. The van der Waals surface area contributed by atoms with E-state index < -0.39 is 0 Å². The number of anilines is 2. The van der Waals surface area contributed by atoms with Gasteiger partial charge in [-0.15, -0.1) is 0 Å². The minimum atomic E-state index is 0.153. The van der Waals surface area contributed by atoms with Crippen LogP contribution in [0.15, 0.2) is 6.07 Å². The van der Waals surface area contributed by atoms with Gasteiger partial charge in [-0.1, -0.05) is 6.07 Å². The highest BCUT2D eigenvalue weighted by molar-refractivity contribution is 5.98. The third-order valence-corrected chi connectivity index (χ3v) is 3.80. The van der Waals surface area contributed by atoms with Crippen LogP contribution in [0.25, 0.3) is 0 Å². The molecule has 4 N–H and O–H groups in total. The van der Waals surface area contributed by atoms with Gasteiger partial charge in [0.15, 0.2) is 0 Å². The lowest BCUT2D eigenvalue weighted by molar-refractivity contribution is -0.117. The number of benzene rings is 1.